The summed E-state index contributed by atoms with van der Waals surface area (Å²) in [5, 5.41) is 0. The molecule has 0 spiro atoms. The van der Waals surface area contributed by atoms with Crippen molar-refractivity contribution in [3.8, 4) is 0 Å². The zero-order valence-electron chi connectivity index (χ0n) is 6.68. The largest absolute Gasteiger partial charge is 0.322 e. The number of nitrogens with two attached hydrogens (primary N) is 1. The van der Waals surface area contributed by atoms with Gasteiger partial charge in [-0.1, -0.05) is 20.6 Å². The summed E-state index contributed by atoms with van der Waals surface area (Å²) in [7, 11) is 2.62. The average molecular weight is 177 g/mol. The summed E-state index contributed by atoms with van der Waals surface area (Å²) in [6, 6.07) is 0. The van der Waals surface area contributed by atoms with Crippen molar-refractivity contribution < 1.29 is 0 Å². The summed E-state index contributed by atoms with van der Waals surface area (Å²) in [4.78, 5) is 0. The van der Waals surface area contributed by atoms with Crippen molar-refractivity contribution in [3.05, 3.63) is 12.2 Å². The summed E-state index contributed by atoms with van der Waals surface area (Å²) in [5.41, 5.74) is 6.72. The van der Waals surface area contributed by atoms with Gasteiger partial charge in [-0.3, -0.25) is 0 Å². The van der Waals surface area contributed by atoms with Crippen LogP contribution in [0.15, 0.2) is 12.2 Å². The Morgan fingerprint density at radius 3 is 2.50 bits per heavy atom. The molecule has 10 heavy (non-hydrogen) atoms. The molecule has 1 atom stereocenters. The fraction of sp³-hybridized carbons (Fsp3) is 0.714. The second kappa shape index (κ2) is 4.38. The lowest BCUT2D eigenvalue weighted by molar-refractivity contribution is 0.595. The van der Waals surface area contributed by atoms with Gasteiger partial charge in [0, 0.05) is 11.3 Å². The summed E-state index contributed by atoms with van der Waals surface area (Å²) in [6.07, 6.45) is 1.01. The minimum Gasteiger partial charge on any atom is -0.322 e. The second-order valence-corrected chi connectivity index (χ2v) is 4.69. The van der Waals surface area contributed by atoms with Gasteiger partial charge in [-0.15, -0.1) is 11.4 Å². The summed E-state index contributed by atoms with van der Waals surface area (Å²) < 4.78 is 0. The van der Waals surface area contributed by atoms with Gasteiger partial charge in [-0.25, -0.2) is 0 Å². The third-order valence-electron chi connectivity index (χ3n) is 1.43. The average Bonchev–Trinajstić information content (AvgIpc) is 1.80. The first-order valence-electron chi connectivity index (χ1n) is 3.27. The maximum Gasteiger partial charge on any atom is 0.0309 e. The molecule has 3 heteroatoms. The fourth-order valence-corrected chi connectivity index (χ4v) is 1.22. The molecule has 0 aliphatic carbocycles. The van der Waals surface area contributed by atoms with Crippen molar-refractivity contribution in [3.63, 3.8) is 0 Å². The standard InChI is InChI=1S/C7H16NPS/c1-6(4-5-10-9)7(2,3)8/h1,4-5,8-9H2,2-3H3. The highest BCUT2D eigenvalue weighted by Crippen LogP contribution is 2.19. The molecule has 0 rings (SSSR count). The van der Waals surface area contributed by atoms with Crippen LogP contribution in [-0.4, -0.2) is 11.3 Å². The van der Waals surface area contributed by atoms with E-state index in [1.807, 2.05) is 13.8 Å². The molecule has 2 N–H and O–H groups in total. The van der Waals surface area contributed by atoms with Crippen LogP contribution in [0, 0.1) is 0 Å². The fourth-order valence-electron chi connectivity index (χ4n) is 0.504. The highest BCUT2D eigenvalue weighted by Gasteiger charge is 2.13. The summed E-state index contributed by atoms with van der Waals surface area (Å²) >= 11 is 1.75. The molecule has 0 radical (unpaired) electrons. The van der Waals surface area contributed by atoms with Crippen LogP contribution < -0.4 is 5.73 Å². The van der Waals surface area contributed by atoms with Gasteiger partial charge in [-0.05, 0) is 20.3 Å². The summed E-state index contributed by atoms with van der Waals surface area (Å²) in [6.45, 7) is 7.89. The third kappa shape index (κ3) is 4.32. The Labute approximate surface area is 69.8 Å². The highest BCUT2D eigenvalue weighted by atomic mass is 32.7. The molecule has 1 unspecified atom stereocenters. The second-order valence-electron chi connectivity index (χ2n) is 2.95. The Balaban J connectivity index is 3.64. The monoisotopic (exact) mass is 177 g/mol. The zero-order valence-corrected chi connectivity index (χ0v) is 8.66. The number of rotatable bonds is 4. The zero-order chi connectivity index (χ0) is 8.20. The van der Waals surface area contributed by atoms with E-state index in [9.17, 15) is 0 Å². The molecule has 0 aliphatic rings. The Hall–Kier alpha value is 0.480. The van der Waals surface area contributed by atoms with Crippen LogP contribution in [0.5, 0.6) is 0 Å². The van der Waals surface area contributed by atoms with Crippen LogP contribution in [-0.2, 0) is 0 Å². The maximum absolute atomic E-state index is 5.80. The maximum atomic E-state index is 5.80. The van der Waals surface area contributed by atoms with Crippen LogP contribution in [0.3, 0.4) is 0 Å². The van der Waals surface area contributed by atoms with Crippen molar-refractivity contribution in [2.75, 3.05) is 5.75 Å². The lowest BCUT2D eigenvalue weighted by Gasteiger charge is -2.21. The molecule has 0 fully saturated rings. The molecule has 0 aliphatic heterocycles. The highest BCUT2D eigenvalue weighted by molar-refractivity contribution is 8.43. The van der Waals surface area contributed by atoms with Crippen LogP contribution in [0.25, 0.3) is 0 Å². The molecule has 0 heterocycles. The van der Waals surface area contributed by atoms with Gasteiger partial charge in [0.05, 0.1) is 0 Å². The van der Waals surface area contributed by atoms with Gasteiger partial charge in [0.2, 0.25) is 0 Å². The molecule has 60 valence electrons. The molecule has 0 saturated carbocycles. The minimum absolute atomic E-state index is 0.208. The van der Waals surface area contributed by atoms with Crippen LogP contribution in [0.4, 0.5) is 0 Å². The normalized spacial score (nSPS) is 11.6. The van der Waals surface area contributed by atoms with E-state index in [0.29, 0.717) is 0 Å². The van der Waals surface area contributed by atoms with Crippen molar-refractivity contribution in [1.29, 1.82) is 0 Å². The van der Waals surface area contributed by atoms with Crippen molar-refractivity contribution in [1.82, 2.24) is 0 Å². The smallest absolute Gasteiger partial charge is 0.0309 e. The molecule has 0 aromatic carbocycles. The lowest BCUT2D eigenvalue weighted by atomic mass is 9.95. The van der Waals surface area contributed by atoms with E-state index in [4.69, 9.17) is 5.73 Å². The van der Waals surface area contributed by atoms with E-state index in [2.05, 4.69) is 15.0 Å². The van der Waals surface area contributed by atoms with E-state index in [0.717, 1.165) is 17.7 Å². The van der Waals surface area contributed by atoms with Crippen LogP contribution in [0.2, 0.25) is 0 Å². The number of hydrogen-bond acceptors (Lipinski definition) is 2. The van der Waals surface area contributed by atoms with Crippen molar-refractivity contribution in [2.45, 2.75) is 25.8 Å². The number of hydrogen-bond donors (Lipinski definition) is 1. The minimum atomic E-state index is -0.208. The van der Waals surface area contributed by atoms with Crippen LogP contribution >= 0.6 is 19.8 Å². The lowest BCUT2D eigenvalue weighted by Crippen LogP contribution is -2.33. The Bertz CT molecular complexity index is 117. The van der Waals surface area contributed by atoms with Gasteiger partial charge in [0.1, 0.15) is 0 Å². The van der Waals surface area contributed by atoms with Crippen LogP contribution in [0.1, 0.15) is 20.3 Å². The SMILES string of the molecule is C=C(CCSP)C(C)(C)N. The van der Waals surface area contributed by atoms with Gasteiger partial charge in [0.15, 0.2) is 0 Å². The molecule has 0 saturated heterocycles. The Morgan fingerprint density at radius 1 is 1.70 bits per heavy atom. The molecular weight excluding hydrogens is 161 g/mol. The van der Waals surface area contributed by atoms with E-state index < -0.39 is 0 Å². The molecule has 0 bridgehead atoms. The van der Waals surface area contributed by atoms with E-state index in [-0.39, 0.29) is 5.54 Å². The van der Waals surface area contributed by atoms with Gasteiger partial charge in [0.25, 0.3) is 0 Å². The Kier molecular flexibility index (Phi) is 4.59. The predicted molar refractivity (Wildman–Crippen MR) is 54.2 cm³/mol. The quantitative estimate of drug-likeness (QED) is 0.526. The first-order chi connectivity index (χ1) is 4.48. The third-order valence-corrected chi connectivity index (χ3v) is 2.58. The predicted octanol–water partition coefficient (Wildman–Crippen LogP) is 2.19. The first-order valence-corrected chi connectivity index (χ1v) is 5.73. The van der Waals surface area contributed by atoms with Crippen molar-refractivity contribution in [2.24, 2.45) is 5.73 Å². The van der Waals surface area contributed by atoms with Crippen molar-refractivity contribution >= 4 is 19.8 Å². The first kappa shape index (κ1) is 10.5. The van der Waals surface area contributed by atoms with Gasteiger partial charge >= 0.3 is 0 Å². The van der Waals surface area contributed by atoms with E-state index in [1.165, 1.54) is 0 Å². The Morgan fingerprint density at radius 2 is 2.20 bits per heavy atom. The van der Waals surface area contributed by atoms with E-state index in [1.54, 1.807) is 11.4 Å². The molecule has 1 nitrogen and oxygen atoms in total. The topological polar surface area (TPSA) is 26.0 Å². The molecule has 0 aromatic rings. The molecular formula is C7H16NPS. The molecule has 0 aromatic heterocycles. The van der Waals surface area contributed by atoms with Gasteiger partial charge in [-0.2, -0.15) is 0 Å². The van der Waals surface area contributed by atoms with Gasteiger partial charge < -0.3 is 5.73 Å². The van der Waals surface area contributed by atoms with E-state index >= 15 is 0 Å². The molecule has 0 amide bonds. The summed E-state index contributed by atoms with van der Waals surface area (Å²) in [5.74, 6) is 1.09.